The van der Waals surface area contributed by atoms with Crippen LogP contribution < -0.4 is 0 Å². The van der Waals surface area contributed by atoms with Crippen molar-refractivity contribution >= 4 is 25.2 Å². The van der Waals surface area contributed by atoms with Gasteiger partial charge in [0.15, 0.2) is 8.32 Å². The van der Waals surface area contributed by atoms with Gasteiger partial charge in [-0.1, -0.05) is 66.7 Å². The minimum atomic E-state index is -1.83. The molecule has 0 bridgehead atoms. The van der Waals surface area contributed by atoms with Crippen molar-refractivity contribution in [3.05, 3.63) is 83.9 Å². The van der Waals surface area contributed by atoms with Gasteiger partial charge in [0.1, 0.15) is 12.2 Å². The molecule has 1 amide bonds. The first-order chi connectivity index (χ1) is 13.8. The number of rotatable bonds is 5. The second-order valence-corrected chi connectivity index (χ2v) is 13.1. The Morgan fingerprint density at radius 2 is 1.59 bits per heavy atom. The summed E-state index contributed by atoms with van der Waals surface area (Å²) >= 11 is 0. The minimum Gasteiger partial charge on any atom is -0.445 e. The van der Waals surface area contributed by atoms with Crippen LogP contribution in [0.25, 0.3) is 10.8 Å². The summed E-state index contributed by atoms with van der Waals surface area (Å²) in [6.45, 7) is 7.88. The molecule has 3 aromatic carbocycles. The molecule has 1 heterocycles. The third kappa shape index (κ3) is 4.36. The minimum absolute atomic E-state index is 0.286. The first kappa shape index (κ1) is 19.7. The molecule has 4 rings (SSSR count). The number of carbonyl (C=O) groups is 1. The van der Waals surface area contributed by atoms with Crippen LogP contribution in [0.2, 0.25) is 19.6 Å². The van der Waals surface area contributed by atoms with E-state index in [-0.39, 0.29) is 12.7 Å². The number of nitrogens with zero attached hydrogens (tertiary/aromatic N) is 1. The quantitative estimate of drug-likeness (QED) is 0.523. The van der Waals surface area contributed by atoms with Crippen molar-refractivity contribution in [1.82, 2.24) is 4.90 Å². The molecule has 0 saturated carbocycles. The predicted molar refractivity (Wildman–Crippen MR) is 118 cm³/mol. The molecule has 0 N–H and O–H groups in total. The van der Waals surface area contributed by atoms with Crippen molar-refractivity contribution in [3.8, 4) is 0 Å². The maximum Gasteiger partial charge on any atom is 0.410 e. The SMILES string of the molecule is C[Si](C)(C)OC1(c2ccc3ccccc3c2)CN(C(=O)OCc2ccccc2)C1. The van der Waals surface area contributed by atoms with Gasteiger partial charge in [-0.15, -0.1) is 0 Å². The van der Waals surface area contributed by atoms with Crippen LogP contribution in [0.1, 0.15) is 11.1 Å². The summed E-state index contributed by atoms with van der Waals surface area (Å²) in [4.78, 5) is 14.3. The normalized spacial score (nSPS) is 15.8. The lowest BCUT2D eigenvalue weighted by molar-refractivity contribution is -0.0812. The molecule has 3 aromatic rings. The molecule has 1 aliphatic rings. The number of ether oxygens (including phenoxy) is 1. The molecule has 0 aromatic heterocycles. The highest BCUT2D eigenvalue weighted by Crippen LogP contribution is 2.40. The monoisotopic (exact) mass is 405 g/mol. The molecule has 5 heteroatoms. The highest BCUT2D eigenvalue weighted by Gasteiger charge is 2.50. The topological polar surface area (TPSA) is 38.8 Å². The fourth-order valence-corrected chi connectivity index (χ4v) is 5.29. The van der Waals surface area contributed by atoms with E-state index in [4.69, 9.17) is 9.16 Å². The molecule has 29 heavy (non-hydrogen) atoms. The number of amides is 1. The molecule has 1 saturated heterocycles. The Hall–Kier alpha value is -2.63. The van der Waals surface area contributed by atoms with E-state index >= 15 is 0 Å². The third-order valence-electron chi connectivity index (χ3n) is 5.13. The summed E-state index contributed by atoms with van der Waals surface area (Å²) < 4.78 is 12.1. The zero-order chi connectivity index (χ0) is 20.5. The Labute approximate surface area is 173 Å². The van der Waals surface area contributed by atoms with Gasteiger partial charge in [-0.3, -0.25) is 0 Å². The molecule has 1 fully saturated rings. The van der Waals surface area contributed by atoms with Gasteiger partial charge in [-0.2, -0.15) is 0 Å². The van der Waals surface area contributed by atoms with Crippen LogP contribution >= 0.6 is 0 Å². The Morgan fingerprint density at radius 3 is 2.28 bits per heavy atom. The smallest absolute Gasteiger partial charge is 0.410 e. The highest BCUT2D eigenvalue weighted by molar-refractivity contribution is 6.69. The highest BCUT2D eigenvalue weighted by atomic mass is 28.4. The van der Waals surface area contributed by atoms with E-state index in [0.717, 1.165) is 11.1 Å². The van der Waals surface area contributed by atoms with Crippen molar-refractivity contribution in [2.24, 2.45) is 0 Å². The average molecular weight is 406 g/mol. The number of likely N-dealkylation sites (tertiary alicyclic amines) is 1. The number of benzene rings is 3. The Bertz CT molecular complexity index is 1010. The van der Waals surface area contributed by atoms with Gasteiger partial charge in [0.25, 0.3) is 0 Å². The Balaban J connectivity index is 1.51. The van der Waals surface area contributed by atoms with E-state index < -0.39 is 13.9 Å². The molecule has 1 aliphatic heterocycles. The van der Waals surface area contributed by atoms with Gasteiger partial charge in [0, 0.05) is 0 Å². The summed E-state index contributed by atoms with van der Waals surface area (Å²) in [5.41, 5.74) is 1.66. The number of hydrogen-bond donors (Lipinski definition) is 0. The first-order valence-electron chi connectivity index (χ1n) is 10.00. The van der Waals surface area contributed by atoms with Gasteiger partial charge in [-0.05, 0) is 47.6 Å². The molecular weight excluding hydrogens is 378 g/mol. The fraction of sp³-hybridized carbons (Fsp3) is 0.292. The van der Waals surface area contributed by atoms with Crippen molar-refractivity contribution in [2.45, 2.75) is 31.8 Å². The zero-order valence-corrected chi connectivity index (χ0v) is 18.2. The van der Waals surface area contributed by atoms with Gasteiger partial charge in [0.05, 0.1) is 13.1 Å². The lowest BCUT2D eigenvalue weighted by atomic mass is 9.85. The second-order valence-electron chi connectivity index (χ2n) is 8.67. The van der Waals surface area contributed by atoms with E-state index in [0.29, 0.717) is 13.1 Å². The summed E-state index contributed by atoms with van der Waals surface area (Å²) in [6.07, 6.45) is -0.288. The molecular formula is C24H27NO3Si. The summed E-state index contributed by atoms with van der Waals surface area (Å²) in [5.74, 6) is 0. The molecule has 0 radical (unpaired) electrons. The van der Waals surface area contributed by atoms with Gasteiger partial charge in [-0.25, -0.2) is 4.79 Å². The van der Waals surface area contributed by atoms with Crippen LogP contribution in [0.3, 0.4) is 0 Å². The standard InChI is InChI=1S/C24H27NO3Si/c1-29(2,3)28-24(22-14-13-20-11-7-8-12-21(20)15-22)17-25(18-24)23(26)27-16-19-9-5-4-6-10-19/h4-15H,16-18H2,1-3H3. The van der Waals surface area contributed by atoms with Crippen molar-refractivity contribution in [3.63, 3.8) is 0 Å². The Morgan fingerprint density at radius 1 is 0.931 bits per heavy atom. The van der Waals surface area contributed by atoms with Gasteiger partial charge < -0.3 is 14.1 Å². The van der Waals surface area contributed by atoms with Crippen molar-refractivity contribution < 1.29 is 14.0 Å². The summed E-state index contributed by atoms with van der Waals surface area (Å²) in [6, 6.07) is 24.5. The lowest BCUT2D eigenvalue weighted by Gasteiger charge is -2.52. The van der Waals surface area contributed by atoms with Gasteiger partial charge in [0.2, 0.25) is 0 Å². The number of fused-ring (bicyclic) bond motifs is 1. The van der Waals surface area contributed by atoms with E-state index in [1.165, 1.54) is 10.8 Å². The third-order valence-corrected chi connectivity index (χ3v) is 6.14. The molecule has 4 nitrogen and oxygen atoms in total. The average Bonchev–Trinajstić information content (AvgIpc) is 2.68. The Kier molecular flexibility index (Phi) is 5.19. The zero-order valence-electron chi connectivity index (χ0n) is 17.2. The molecule has 150 valence electrons. The van der Waals surface area contributed by atoms with Gasteiger partial charge >= 0.3 is 6.09 Å². The lowest BCUT2D eigenvalue weighted by Crippen LogP contribution is -2.65. The predicted octanol–water partition coefficient (Wildman–Crippen LogP) is 5.54. The maximum absolute atomic E-state index is 12.6. The van der Waals surface area contributed by atoms with E-state index in [9.17, 15) is 4.79 Å². The molecule has 0 spiro atoms. The van der Waals surface area contributed by atoms with E-state index in [1.807, 2.05) is 42.5 Å². The largest absolute Gasteiger partial charge is 0.445 e. The molecule has 0 aliphatic carbocycles. The van der Waals surface area contributed by atoms with E-state index in [1.54, 1.807) is 4.90 Å². The second kappa shape index (κ2) is 7.65. The van der Waals surface area contributed by atoms with Crippen LogP contribution in [-0.4, -0.2) is 32.4 Å². The number of hydrogen-bond acceptors (Lipinski definition) is 3. The number of carbonyl (C=O) groups excluding carboxylic acids is 1. The van der Waals surface area contributed by atoms with Crippen LogP contribution in [0.15, 0.2) is 72.8 Å². The summed E-state index contributed by atoms with van der Waals surface area (Å²) in [5, 5.41) is 2.39. The maximum atomic E-state index is 12.6. The molecule has 0 unspecified atom stereocenters. The van der Waals surface area contributed by atoms with Crippen LogP contribution in [0.4, 0.5) is 4.79 Å². The first-order valence-corrected chi connectivity index (χ1v) is 13.4. The van der Waals surface area contributed by atoms with Crippen LogP contribution in [-0.2, 0) is 21.4 Å². The van der Waals surface area contributed by atoms with E-state index in [2.05, 4.69) is 50.0 Å². The van der Waals surface area contributed by atoms with Crippen LogP contribution in [0, 0.1) is 0 Å². The van der Waals surface area contributed by atoms with Crippen LogP contribution in [0.5, 0.6) is 0 Å². The molecule has 0 atom stereocenters. The summed E-state index contributed by atoms with van der Waals surface area (Å²) in [7, 11) is -1.83. The van der Waals surface area contributed by atoms with Crippen molar-refractivity contribution in [2.75, 3.05) is 13.1 Å². The fourth-order valence-electron chi connectivity index (χ4n) is 3.87. The van der Waals surface area contributed by atoms with Crippen molar-refractivity contribution in [1.29, 1.82) is 0 Å².